The topological polar surface area (TPSA) is 29.5 Å². The zero-order valence-corrected chi connectivity index (χ0v) is 10.6. The lowest BCUT2D eigenvalue weighted by Gasteiger charge is -2.30. The van der Waals surface area contributed by atoms with Crippen molar-refractivity contribution in [2.24, 2.45) is 0 Å². The normalized spacial score (nSPS) is 32.8. The summed E-state index contributed by atoms with van der Waals surface area (Å²) >= 11 is 6.22. The molecular formula is C12H20ClNO2. The highest BCUT2D eigenvalue weighted by molar-refractivity contribution is 6.31. The van der Waals surface area contributed by atoms with Gasteiger partial charge < -0.3 is 9.64 Å². The van der Waals surface area contributed by atoms with Gasteiger partial charge in [-0.15, -0.1) is 11.6 Å². The van der Waals surface area contributed by atoms with Crippen molar-refractivity contribution in [2.45, 2.75) is 56.6 Å². The molecule has 1 amide bonds. The van der Waals surface area contributed by atoms with Crippen LogP contribution >= 0.6 is 11.6 Å². The molecule has 0 saturated carbocycles. The second kappa shape index (κ2) is 5.37. The zero-order chi connectivity index (χ0) is 11.5. The first-order valence-electron chi connectivity index (χ1n) is 6.27. The van der Waals surface area contributed by atoms with Crippen LogP contribution in [0.3, 0.4) is 0 Å². The summed E-state index contributed by atoms with van der Waals surface area (Å²) in [5.41, 5.74) is 0. The lowest BCUT2D eigenvalue weighted by molar-refractivity contribution is -0.134. The Morgan fingerprint density at radius 1 is 1.31 bits per heavy atom. The van der Waals surface area contributed by atoms with E-state index in [1.807, 2.05) is 11.8 Å². The molecule has 0 bridgehead atoms. The summed E-state index contributed by atoms with van der Waals surface area (Å²) in [6, 6.07) is 0. The van der Waals surface area contributed by atoms with Gasteiger partial charge in [0.1, 0.15) is 5.38 Å². The van der Waals surface area contributed by atoms with E-state index >= 15 is 0 Å². The number of amides is 1. The van der Waals surface area contributed by atoms with E-state index in [1.165, 1.54) is 6.42 Å². The molecule has 0 radical (unpaired) electrons. The average molecular weight is 246 g/mol. The number of nitrogens with zero attached hydrogens (tertiary/aromatic N) is 1. The molecule has 2 rings (SSSR count). The fourth-order valence-corrected chi connectivity index (χ4v) is 2.82. The monoisotopic (exact) mass is 245 g/mol. The van der Waals surface area contributed by atoms with Gasteiger partial charge in [0, 0.05) is 13.1 Å². The number of halogens is 1. The highest BCUT2D eigenvalue weighted by Gasteiger charge is 2.35. The number of piperidine rings is 1. The minimum absolute atomic E-state index is 0.0699. The first-order chi connectivity index (χ1) is 7.68. The lowest BCUT2D eigenvalue weighted by atomic mass is 10.1. The number of hydrogen-bond donors (Lipinski definition) is 0. The van der Waals surface area contributed by atoms with Crippen LogP contribution in [-0.2, 0) is 9.53 Å². The largest absolute Gasteiger partial charge is 0.373 e. The summed E-state index contributed by atoms with van der Waals surface area (Å²) in [7, 11) is 0. The Morgan fingerprint density at radius 2 is 2.00 bits per heavy atom. The minimum Gasteiger partial charge on any atom is -0.373 e. The molecule has 0 N–H and O–H groups in total. The Hall–Kier alpha value is -0.280. The van der Waals surface area contributed by atoms with Crippen molar-refractivity contribution in [3.8, 4) is 0 Å². The third-order valence-electron chi connectivity index (χ3n) is 3.49. The maximum absolute atomic E-state index is 12.1. The minimum atomic E-state index is -0.483. The van der Waals surface area contributed by atoms with E-state index < -0.39 is 5.38 Å². The standard InChI is InChI=1S/C12H20ClNO2/c1-9-5-6-10(16-9)11(13)12(15)14-7-3-2-4-8-14/h9-11H,2-8H2,1H3. The smallest absolute Gasteiger partial charge is 0.243 e. The van der Waals surface area contributed by atoms with Gasteiger partial charge in [0.15, 0.2) is 0 Å². The van der Waals surface area contributed by atoms with E-state index in [9.17, 15) is 4.79 Å². The number of carbonyl (C=O) groups is 1. The fraction of sp³-hybridized carbons (Fsp3) is 0.917. The molecule has 3 nitrogen and oxygen atoms in total. The number of hydrogen-bond acceptors (Lipinski definition) is 2. The Morgan fingerprint density at radius 3 is 2.56 bits per heavy atom. The van der Waals surface area contributed by atoms with Crippen LogP contribution in [0.1, 0.15) is 39.0 Å². The Bertz CT molecular complexity index is 253. The van der Waals surface area contributed by atoms with Crippen LogP contribution in [0.2, 0.25) is 0 Å². The molecule has 0 aromatic heterocycles. The highest BCUT2D eigenvalue weighted by atomic mass is 35.5. The van der Waals surface area contributed by atoms with Crippen molar-refractivity contribution >= 4 is 17.5 Å². The van der Waals surface area contributed by atoms with Gasteiger partial charge >= 0.3 is 0 Å². The molecule has 3 unspecified atom stereocenters. The summed E-state index contributed by atoms with van der Waals surface area (Å²) in [4.78, 5) is 14.0. The summed E-state index contributed by atoms with van der Waals surface area (Å²) < 4.78 is 5.66. The summed E-state index contributed by atoms with van der Waals surface area (Å²) in [5, 5.41) is -0.483. The van der Waals surface area contributed by atoms with E-state index in [2.05, 4.69) is 0 Å². The quantitative estimate of drug-likeness (QED) is 0.698. The van der Waals surface area contributed by atoms with Crippen LogP contribution in [-0.4, -0.2) is 41.5 Å². The lowest BCUT2D eigenvalue weighted by Crippen LogP contribution is -2.44. The molecule has 0 aromatic carbocycles. The highest BCUT2D eigenvalue weighted by Crippen LogP contribution is 2.26. The van der Waals surface area contributed by atoms with E-state index in [0.29, 0.717) is 0 Å². The van der Waals surface area contributed by atoms with Crippen LogP contribution < -0.4 is 0 Å². The van der Waals surface area contributed by atoms with Crippen LogP contribution in [0.25, 0.3) is 0 Å². The van der Waals surface area contributed by atoms with Crippen molar-refractivity contribution in [3.05, 3.63) is 0 Å². The first kappa shape index (κ1) is 12.2. The van der Waals surface area contributed by atoms with Gasteiger partial charge in [0.05, 0.1) is 12.2 Å². The molecule has 92 valence electrons. The second-order valence-corrected chi connectivity index (χ2v) is 5.32. The van der Waals surface area contributed by atoms with E-state index in [-0.39, 0.29) is 18.1 Å². The van der Waals surface area contributed by atoms with Gasteiger partial charge in [-0.3, -0.25) is 4.79 Å². The van der Waals surface area contributed by atoms with Crippen molar-refractivity contribution in [3.63, 3.8) is 0 Å². The average Bonchev–Trinajstić information content (AvgIpc) is 2.75. The van der Waals surface area contributed by atoms with Gasteiger partial charge in [-0.1, -0.05) is 0 Å². The van der Waals surface area contributed by atoms with E-state index in [4.69, 9.17) is 16.3 Å². The number of ether oxygens (including phenoxy) is 1. The van der Waals surface area contributed by atoms with Gasteiger partial charge in [-0.2, -0.15) is 0 Å². The molecule has 3 atom stereocenters. The Labute approximate surface area is 102 Å². The molecule has 0 spiro atoms. The van der Waals surface area contributed by atoms with Crippen molar-refractivity contribution < 1.29 is 9.53 Å². The molecule has 2 aliphatic rings. The SMILES string of the molecule is CC1CCC(C(Cl)C(=O)N2CCCCC2)O1. The van der Waals surface area contributed by atoms with Gasteiger partial charge in [0.25, 0.3) is 0 Å². The van der Waals surface area contributed by atoms with Crippen LogP contribution in [0.15, 0.2) is 0 Å². The van der Waals surface area contributed by atoms with Crippen molar-refractivity contribution in [1.82, 2.24) is 4.90 Å². The molecule has 16 heavy (non-hydrogen) atoms. The van der Waals surface area contributed by atoms with Crippen LogP contribution in [0.4, 0.5) is 0 Å². The molecule has 0 aliphatic carbocycles. The number of rotatable bonds is 2. The van der Waals surface area contributed by atoms with Gasteiger partial charge in [-0.25, -0.2) is 0 Å². The van der Waals surface area contributed by atoms with Gasteiger partial charge in [0.2, 0.25) is 5.91 Å². The Balaban J connectivity index is 1.88. The van der Waals surface area contributed by atoms with Crippen molar-refractivity contribution in [1.29, 1.82) is 0 Å². The maximum Gasteiger partial charge on any atom is 0.243 e. The van der Waals surface area contributed by atoms with Crippen molar-refractivity contribution in [2.75, 3.05) is 13.1 Å². The predicted octanol–water partition coefficient (Wildman–Crippen LogP) is 2.17. The second-order valence-electron chi connectivity index (χ2n) is 4.85. The maximum atomic E-state index is 12.1. The zero-order valence-electron chi connectivity index (χ0n) is 9.82. The van der Waals surface area contributed by atoms with Crippen LogP contribution in [0.5, 0.6) is 0 Å². The van der Waals surface area contributed by atoms with Crippen LogP contribution in [0, 0.1) is 0 Å². The number of alkyl halides is 1. The predicted molar refractivity (Wildman–Crippen MR) is 63.6 cm³/mol. The molecule has 2 fully saturated rings. The first-order valence-corrected chi connectivity index (χ1v) is 6.70. The molecule has 0 aromatic rings. The summed E-state index contributed by atoms with van der Waals surface area (Å²) in [6.45, 7) is 3.77. The number of likely N-dealkylation sites (tertiary alicyclic amines) is 1. The third-order valence-corrected chi connectivity index (χ3v) is 3.96. The van der Waals surface area contributed by atoms with Gasteiger partial charge in [-0.05, 0) is 39.0 Å². The third kappa shape index (κ3) is 2.69. The number of carbonyl (C=O) groups excluding carboxylic acids is 1. The molecule has 2 aliphatic heterocycles. The molecular weight excluding hydrogens is 226 g/mol. The molecule has 2 saturated heterocycles. The summed E-state index contributed by atoms with van der Waals surface area (Å²) in [5.74, 6) is 0.0699. The molecule has 4 heteroatoms. The fourth-order valence-electron chi connectivity index (χ4n) is 2.50. The van der Waals surface area contributed by atoms with E-state index in [0.717, 1.165) is 38.8 Å². The Kier molecular flexibility index (Phi) is 4.09. The summed E-state index contributed by atoms with van der Waals surface area (Å²) in [6.07, 6.45) is 5.55. The van der Waals surface area contributed by atoms with E-state index in [1.54, 1.807) is 0 Å². The molecule has 2 heterocycles.